The lowest BCUT2D eigenvalue weighted by molar-refractivity contribution is 0.628. The summed E-state index contributed by atoms with van der Waals surface area (Å²) in [7, 11) is 0. The summed E-state index contributed by atoms with van der Waals surface area (Å²) in [4.78, 5) is 0. The van der Waals surface area contributed by atoms with E-state index in [0.29, 0.717) is 5.11 Å². The molecule has 0 bridgehead atoms. The van der Waals surface area contributed by atoms with Crippen LogP contribution in [0.4, 0.5) is 10.1 Å². The molecule has 114 valence electrons. The summed E-state index contributed by atoms with van der Waals surface area (Å²) in [5, 5.41) is 7.57. The van der Waals surface area contributed by atoms with Crippen LogP contribution in [0.2, 0.25) is 0 Å². The van der Waals surface area contributed by atoms with E-state index in [0.717, 1.165) is 24.2 Å². The van der Waals surface area contributed by atoms with Gasteiger partial charge in [-0.25, -0.2) is 4.39 Å². The quantitative estimate of drug-likeness (QED) is 0.495. The SMILES string of the molecule is C/C(CCc1ccccc1)=N/NC(=S)Nc1ccc(F)cc1. The molecule has 3 nitrogen and oxygen atoms in total. The number of benzene rings is 2. The molecule has 22 heavy (non-hydrogen) atoms. The summed E-state index contributed by atoms with van der Waals surface area (Å²) in [6.07, 6.45) is 1.80. The first-order valence-corrected chi connectivity index (χ1v) is 7.44. The van der Waals surface area contributed by atoms with Gasteiger partial charge in [0, 0.05) is 11.4 Å². The van der Waals surface area contributed by atoms with Gasteiger partial charge in [0.15, 0.2) is 5.11 Å². The molecule has 0 aliphatic carbocycles. The average Bonchev–Trinajstić information content (AvgIpc) is 2.54. The minimum Gasteiger partial charge on any atom is -0.331 e. The van der Waals surface area contributed by atoms with Crippen LogP contribution < -0.4 is 10.7 Å². The Labute approximate surface area is 135 Å². The number of anilines is 1. The van der Waals surface area contributed by atoms with Crippen LogP contribution >= 0.6 is 12.2 Å². The van der Waals surface area contributed by atoms with E-state index in [2.05, 4.69) is 28.0 Å². The predicted octanol–water partition coefficient (Wildman–Crippen LogP) is 4.12. The van der Waals surface area contributed by atoms with Gasteiger partial charge in [-0.1, -0.05) is 30.3 Å². The van der Waals surface area contributed by atoms with Crippen LogP contribution in [0.3, 0.4) is 0 Å². The topological polar surface area (TPSA) is 36.4 Å². The zero-order chi connectivity index (χ0) is 15.8. The molecule has 2 rings (SSSR count). The Morgan fingerprint density at radius 2 is 1.77 bits per heavy atom. The lowest BCUT2D eigenvalue weighted by atomic mass is 10.1. The van der Waals surface area contributed by atoms with E-state index in [9.17, 15) is 4.39 Å². The van der Waals surface area contributed by atoms with E-state index < -0.39 is 0 Å². The molecule has 0 fully saturated rings. The molecule has 0 radical (unpaired) electrons. The molecule has 2 aromatic rings. The summed E-state index contributed by atoms with van der Waals surface area (Å²) in [6, 6.07) is 16.3. The molecule has 0 heterocycles. The van der Waals surface area contributed by atoms with Crippen molar-refractivity contribution in [2.24, 2.45) is 5.10 Å². The number of nitrogens with one attached hydrogen (secondary N) is 2. The van der Waals surface area contributed by atoms with Crippen molar-refractivity contribution < 1.29 is 4.39 Å². The van der Waals surface area contributed by atoms with Crippen LogP contribution in [0.5, 0.6) is 0 Å². The summed E-state index contributed by atoms with van der Waals surface area (Å²) in [6.45, 7) is 1.95. The third-order valence-electron chi connectivity index (χ3n) is 3.07. The number of thiocarbonyl (C=S) groups is 1. The standard InChI is InChI=1S/C17H18FN3S/c1-13(7-8-14-5-3-2-4-6-14)20-21-17(22)19-16-11-9-15(18)10-12-16/h2-6,9-12H,7-8H2,1H3,(H2,19,21,22)/b20-13-. The molecular weight excluding hydrogens is 297 g/mol. The molecule has 0 spiro atoms. The van der Waals surface area contributed by atoms with Crippen LogP contribution in [-0.2, 0) is 6.42 Å². The van der Waals surface area contributed by atoms with E-state index >= 15 is 0 Å². The maximum absolute atomic E-state index is 12.8. The first-order valence-electron chi connectivity index (χ1n) is 7.03. The summed E-state index contributed by atoms with van der Waals surface area (Å²) < 4.78 is 12.8. The number of halogens is 1. The lowest BCUT2D eigenvalue weighted by Gasteiger charge is -2.08. The molecule has 2 aromatic carbocycles. The van der Waals surface area contributed by atoms with E-state index in [4.69, 9.17) is 12.2 Å². The Morgan fingerprint density at radius 3 is 2.45 bits per heavy atom. The van der Waals surface area contributed by atoms with Crippen molar-refractivity contribution in [2.75, 3.05) is 5.32 Å². The molecule has 0 aliphatic heterocycles. The van der Waals surface area contributed by atoms with Gasteiger partial charge in [0.1, 0.15) is 5.82 Å². The van der Waals surface area contributed by atoms with Gasteiger partial charge in [0.25, 0.3) is 0 Å². The summed E-state index contributed by atoms with van der Waals surface area (Å²) in [5.41, 5.74) is 5.76. The van der Waals surface area contributed by atoms with Crippen LogP contribution in [0, 0.1) is 5.82 Å². The van der Waals surface area contributed by atoms with Gasteiger partial charge >= 0.3 is 0 Å². The van der Waals surface area contributed by atoms with Gasteiger partial charge in [-0.05, 0) is 61.8 Å². The number of hydrogen-bond acceptors (Lipinski definition) is 2. The Hall–Kier alpha value is -2.27. The highest BCUT2D eigenvalue weighted by Gasteiger charge is 1.98. The minimum atomic E-state index is -0.279. The Bertz CT molecular complexity index is 639. The molecule has 0 atom stereocenters. The van der Waals surface area contributed by atoms with Gasteiger partial charge < -0.3 is 5.32 Å². The van der Waals surface area contributed by atoms with Gasteiger partial charge in [0.05, 0.1) is 0 Å². The molecule has 0 saturated carbocycles. The van der Waals surface area contributed by atoms with Crippen molar-refractivity contribution >= 4 is 28.7 Å². The first-order chi connectivity index (χ1) is 10.6. The monoisotopic (exact) mass is 315 g/mol. The maximum atomic E-state index is 12.8. The van der Waals surface area contributed by atoms with Crippen molar-refractivity contribution in [3.05, 3.63) is 66.0 Å². The minimum absolute atomic E-state index is 0.279. The van der Waals surface area contributed by atoms with E-state index in [1.165, 1.54) is 17.7 Å². The molecule has 0 aromatic heterocycles. The van der Waals surface area contributed by atoms with Crippen LogP contribution in [0.25, 0.3) is 0 Å². The second-order valence-corrected chi connectivity index (χ2v) is 5.31. The number of rotatable bonds is 5. The zero-order valence-electron chi connectivity index (χ0n) is 12.3. The van der Waals surface area contributed by atoms with E-state index in [1.807, 2.05) is 25.1 Å². The third-order valence-corrected chi connectivity index (χ3v) is 3.26. The highest BCUT2D eigenvalue weighted by atomic mass is 32.1. The molecule has 0 unspecified atom stereocenters. The van der Waals surface area contributed by atoms with Crippen molar-refractivity contribution in [3.8, 4) is 0 Å². The second-order valence-electron chi connectivity index (χ2n) is 4.91. The molecule has 5 heteroatoms. The number of hydrogen-bond donors (Lipinski definition) is 2. The summed E-state index contributed by atoms with van der Waals surface area (Å²) in [5.74, 6) is -0.279. The largest absolute Gasteiger partial charge is 0.331 e. The van der Waals surface area contributed by atoms with Gasteiger partial charge in [-0.15, -0.1) is 0 Å². The fourth-order valence-electron chi connectivity index (χ4n) is 1.86. The third kappa shape index (κ3) is 5.61. The van der Waals surface area contributed by atoms with Crippen molar-refractivity contribution in [2.45, 2.75) is 19.8 Å². The Kier molecular flexibility index (Phi) is 6.03. The van der Waals surface area contributed by atoms with Gasteiger partial charge in [0.2, 0.25) is 0 Å². The fraction of sp³-hybridized carbons (Fsp3) is 0.176. The number of hydrazone groups is 1. The van der Waals surface area contributed by atoms with E-state index in [-0.39, 0.29) is 5.82 Å². The highest BCUT2D eigenvalue weighted by Crippen LogP contribution is 2.08. The molecular formula is C17H18FN3S. The summed E-state index contributed by atoms with van der Waals surface area (Å²) >= 11 is 5.14. The van der Waals surface area contributed by atoms with Crippen LogP contribution in [-0.4, -0.2) is 10.8 Å². The van der Waals surface area contributed by atoms with E-state index in [1.54, 1.807) is 12.1 Å². The predicted molar refractivity (Wildman–Crippen MR) is 93.6 cm³/mol. The fourth-order valence-corrected chi connectivity index (χ4v) is 2.03. The molecule has 0 aliphatic rings. The highest BCUT2D eigenvalue weighted by molar-refractivity contribution is 7.80. The smallest absolute Gasteiger partial charge is 0.191 e. The van der Waals surface area contributed by atoms with Crippen molar-refractivity contribution in [3.63, 3.8) is 0 Å². The number of nitrogens with zero attached hydrogens (tertiary/aromatic N) is 1. The first kappa shape index (κ1) is 16.1. The average molecular weight is 315 g/mol. The Balaban J connectivity index is 1.77. The van der Waals surface area contributed by atoms with Crippen molar-refractivity contribution in [1.29, 1.82) is 0 Å². The molecule has 0 amide bonds. The van der Waals surface area contributed by atoms with Crippen LogP contribution in [0.1, 0.15) is 18.9 Å². The van der Waals surface area contributed by atoms with Gasteiger partial charge in [-0.3, -0.25) is 5.43 Å². The zero-order valence-corrected chi connectivity index (χ0v) is 13.2. The number of aryl methyl sites for hydroxylation is 1. The maximum Gasteiger partial charge on any atom is 0.191 e. The normalized spacial score (nSPS) is 11.1. The van der Waals surface area contributed by atoms with Crippen LogP contribution in [0.15, 0.2) is 59.7 Å². The molecule has 2 N–H and O–H groups in total. The lowest BCUT2D eigenvalue weighted by Crippen LogP contribution is -2.24. The molecule has 0 saturated heterocycles. The van der Waals surface area contributed by atoms with Crippen molar-refractivity contribution in [1.82, 2.24) is 5.43 Å². The second kappa shape index (κ2) is 8.24. The van der Waals surface area contributed by atoms with Gasteiger partial charge in [-0.2, -0.15) is 5.10 Å². The Morgan fingerprint density at radius 1 is 1.09 bits per heavy atom.